The Balaban J connectivity index is 1.32. The Bertz CT molecular complexity index is 1590. The average molecular weight is 471 g/mol. The molecule has 5 rings (SSSR count). The van der Waals surface area contributed by atoms with E-state index in [9.17, 15) is 22.8 Å². The molecule has 0 aliphatic carbocycles. The van der Waals surface area contributed by atoms with E-state index in [4.69, 9.17) is 4.42 Å². The molecule has 0 atom stereocenters. The molecule has 2 aromatic carbocycles. The molecular formula is C21H21N5O6S. The molecule has 0 radical (unpaired) electrons. The normalized spacial score (nSPS) is 14.9. The first-order valence-electron chi connectivity index (χ1n) is 10.5. The maximum Gasteiger partial charge on any atom is 0.419 e. The second kappa shape index (κ2) is 8.05. The fraction of sp³-hybridized carbons (Fsp3) is 0.286. The lowest BCUT2D eigenvalue weighted by Crippen LogP contribution is -2.27. The number of anilines is 1. The van der Waals surface area contributed by atoms with Crippen LogP contribution in [0.1, 0.15) is 19.3 Å². The monoisotopic (exact) mass is 471 g/mol. The van der Waals surface area contributed by atoms with Crippen LogP contribution < -0.4 is 16.8 Å². The highest BCUT2D eigenvalue weighted by atomic mass is 32.2. The van der Waals surface area contributed by atoms with Gasteiger partial charge in [0.25, 0.3) is 0 Å². The van der Waals surface area contributed by atoms with Crippen molar-refractivity contribution in [2.75, 3.05) is 18.4 Å². The molecule has 33 heavy (non-hydrogen) atoms. The molecule has 0 saturated carbocycles. The van der Waals surface area contributed by atoms with Crippen molar-refractivity contribution < 1.29 is 17.6 Å². The van der Waals surface area contributed by atoms with Crippen molar-refractivity contribution in [1.82, 2.24) is 18.8 Å². The lowest BCUT2D eigenvalue weighted by Gasteiger charge is -2.15. The van der Waals surface area contributed by atoms with Crippen LogP contribution in [0.5, 0.6) is 0 Å². The van der Waals surface area contributed by atoms with Crippen molar-refractivity contribution in [2.45, 2.75) is 30.7 Å². The fourth-order valence-corrected chi connectivity index (χ4v) is 5.58. The molecule has 1 amide bonds. The van der Waals surface area contributed by atoms with Crippen LogP contribution in [0.25, 0.3) is 22.1 Å². The third kappa shape index (κ3) is 3.98. The van der Waals surface area contributed by atoms with Gasteiger partial charge in [-0.05, 0) is 43.2 Å². The standard InChI is InChI=1S/C21H21N5O6S/c27-19(22-13-3-5-15-16(11-13)24-20(28)23-15)7-10-26-17-6-4-14(12-18(17)32-21(26)29)33(30,31)25-8-1-2-9-25/h3-6,11-12H,1-2,7-10H2,(H,22,27)(H2,23,24,28). The number of H-pyrrole nitrogens is 2. The fourth-order valence-electron chi connectivity index (χ4n) is 4.04. The topological polar surface area (TPSA) is 150 Å². The van der Waals surface area contributed by atoms with Crippen LogP contribution in [-0.4, -0.2) is 46.3 Å². The first-order valence-corrected chi connectivity index (χ1v) is 11.9. The predicted octanol–water partition coefficient (Wildman–Crippen LogP) is 1.58. The highest BCUT2D eigenvalue weighted by molar-refractivity contribution is 7.89. The number of hydrogen-bond donors (Lipinski definition) is 3. The number of oxazole rings is 1. The van der Waals surface area contributed by atoms with Gasteiger partial charge in [0, 0.05) is 37.8 Å². The summed E-state index contributed by atoms with van der Waals surface area (Å²) >= 11 is 0. The average Bonchev–Trinajstić information content (AvgIpc) is 3.49. The van der Waals surface area contributed by atoms with Gasteiger partial charge in [-0.3, -0.25) is 9.36 Å². The predicted molar refractivity (Wildman–Crippen MR) is 121 cm³/mol. The summed E-state index contributed by atoms with van der Waals surface area (Å²) in [5, 5.41) is 2.73. The van der Waals surface area contributed by atoms with Crippen molar-refractivity contribution in [2.24, 2.45) is 0 Å². The molecule has 172 valence electrons. The molecule has 2 aromatic heterocycles. The largest absolute Gasteiger partial charge is 0.419 e. The van der Waals surface area contributed by atoms with Gasteiger partial charge in [-0.2, -0.15) is 4.31 Å². The molecule has 1 aliphatic heterocycles. The number of hydrogen-bond acceptors (Lipinski definition) is 6. The maximum absolute atomic E-state index is 12.8. The van der Waals surface area contributed by atoms with Gasteiger partial charge in [-0.15, -0.1) is 0 Å². The summed E-state index contributed by atoms with van der Waals surface area (Å²) in [6.07, 6.45) is 1.64. The van der Waals surface area contributed by atoms with Crippen LogP contribution in [-0.2, 0) is 21.4 Å². The zero-order chi connectivity index (χ0) is 23.2. The lowest BCUT2D eigenvalue weighted by molar-refractivity contribution is -0.116. The lowest BCUT2D eigenvalue weighted by atomic mass is 10.2. The zero-order valence-corrected chi connectivity index (χ0v) is 18.3. The zero-order valence-electron chi connectivity index (χ0n) is 17.5. The third-order valence-electron chi connectivity index (χ3n) is 5.70. The number of sulfonamides is 1. The second-order valence-corrected chi connectivity index (χ2v) is 9.84. The van der Waals surface area contributed by atoms with E-state index in [0.29, 0.717) is 35.3 Å². The van der Waals surface area contributed by atoms with E-state index >= 15 is 0 Å². The van der Waals surface area contributed by atoms with Gasteiger partial charge < -0.3 is 19.7 Å². The number of aromatic nitrogens is 3. The number of rotatable bonds is 6. The smallest absolute Gasteiger partial charge is 0.408 e. The summed E-state index contributed by atoms with van der Waals surface area (Å²) in [4.78, 5) is 41.4. The number of benzene rings is 2. The van der Waals surface area contributed by atoms with E-state index in [0.717, 1.165) is 12.8 Å². The van der Waals surface area contributed by atoms with Crippen LogP contribution in [0.4, 0.5) is 5.69 Å². The second-order valence-electron chi connectivity index (χ2n) is 7.90. The number of aromatic amines is 2. The molecule has 4 aromatic rings. The minimum Gasteiger partial charge on any atom is -0.408 e. The molecular weight excluding hydrogens is 450 g/mol. The van der Waals surface area contributed by atoms with Gasteiger partial charge in [-0.25, -0.2) is 18.0 Å². The van der Waals surface area contributed by atoms with Crippen molar-refractivity contribution in [1.29, 1.82) is 0 Å². The van der Waals surface area contributed by atoms with Gasteiger partial charge in [0.2, 0.25) is 15.9 Å². The van der Waals surface area contributed by atoms with E-state index in [2.05, 4.69) is 15.3 Å². The number of nitrogens with zero attached hydrogens (tertiary/aromatic N) is 2. The van der Waals surface area contributed by atoms with Gasteiger partial charge in [-0.1, -0.05) is 0 Å². The van der Waals surface area contributed by atoms with Crippen molar-refractivity contribution in [3.05, 3.63) is 57.4 Å². The summed E-state index contributed by atoms with van der Waals surface area (Å²) < 4.78 is 33.5. The maximum atomic E-state index is 12.8. The van der Waals surface area contributed by atoms with Gasteiger partial charge in [0.1, 0.15) is 0 Å². The molecule has 1 aliphatic rings. The summed E-state index contributed by atoms with van der Waals surface area (Å²) in [7, 11) is -3.63. The highest BCUT2D eigenvalue weighted by Gasteiger charge is 2.28. The molecule has 0 unspecified atom stereocenters. The van der Waals surface area contributed by atoms with Crippen molar-refractivity contribution in [3.8, 4) is 0 Å². The quantitative estimate of drug-likeness (QED) is 0.388. The number of aryl methyl sites for hydroxylation is 1. The molecule has 12 heteroatoms. The first-order chi connectivity index (χ1) is 15.8. The van der Waals surface area contributed by atoms with Crippen LogP contribution in [0, 0.1) is 0 Å². The minimum atomic E-state index is -3.63. The summed E-state index contributed by atoms with van der Waals surface area (Å²) in [6, 6.07) is 9.29. The molecule has 1 saturated heterocycles. The number of amides is 1. The minimum absolute atomic E-state index is 0.00986. The van der Waals surface area contributed by atoms with Crippen LogP contribution in [0.15, 0.2) is 55.3 Å². The van der Waals surface area contributed by atoms with Gasteiger partial charge in [0.15, 0.2) is 5.58 Å². The number of carbonyl (C=O) groups excluding carboxylic acids is 1. The Hall–Kier alpha value is -3.64. The van der Waals surface area contributed by atoms with Gasteiger partial charge >= 0.3 is 11.4 Å². The summed E-state index contributed by atoms with van der Waals surface area (Å²) in [6.45, 7) is 1.01. The molecule has 0 bridgehead atoms. The van der Waals surface area contributed by atoms with E-state index in [1.54, 1.807) is 18.2 Å². The Morgan fingerprint density at radius 1 is 1.03 bits per heavy atom. The van der Waals surface area contributed by atoms with Crippen LogP contribution in [0.2, 0.25) is 0 Å². The van der Waals surface area contributed by atoms with E-state index in [-0.39, 0.29) is 35.0 Å². The summed E-state index contributed by atoms with van der Waals surface area (Å²) in [5.74, 6) is -0.999. The SMILES string of the molecule is O=C(CCn1c(=O)oc2cc(S(=O)(=O)N3CCCC3)ccc21)Nc1ccc2[nH]c(=O)[nH]c2c1. The van der Waals surface area contributed by atoms with Crippen LogP contribution >= 0.6 is 0 Å². The van der Waals surface area contributed by atoms with Gasteiger partial charge in [0.05, 0.1) is 21.4 Å². The molecule has 3 heterocycles. The Kier molecular flexibility index (Phi) is 5.17. The van der Waals surface area contributed by atoms with E-state index in [1.165, 1.54) is 27.1 Å². The third-order valence-corrected chi connectivity index (χ3v) is 7.60. The number of imidazole rings is 1. The number of nitrogens with one attached hydrogen (secondary N) is 3. The Morgan fingerprint density at radius 2 is 1.79 bits per heavy atom. The summed E-state index contributed by atoms with van der Waals surface area (Å²) in [5.41, 5.74) is 1.93. The number of carbonyl (C=O) groups is 1. The Labute approximate surface area is 187 Å². The van der Waals surface area contributed by atoms with E-state index in [1.807, 2.05) is 0 Å². The number of fused-ring (bicyclic) bond motifs is 2. The molecule has 11 nitrogen and oxygen atoms in total. The van der Waals surface area contributed by atoms with Crippen molar-refractivity contribution >= 4 is 43.8 Å². The first kappa shape index (κ1) is 21.2. The van der Waals surface area contributed by atoms with E-state index < -0.39 is 15.8 Å². The van der Waals surface area contributed by atoms with Crippen LogP contribution in [0.3, 0.4) is 0 Å². The molecule has 0 spiro atoms. The highest BCUT2D eigenvalue weighted by Crippen LogP contribution is 2.24. The Morgan fingerprint density at radius 3 is 2.58 bits per heavy atom. The molecule has 3 N–H and O–H groups in total. The van der Waals surface area contributed by atoms with Crippen molar-refractivity contribution in [3.63, 3.8) is 0 Å². The molecule has 1 fully saturated rings.